The second-order valence-electron chi connectivity index (χ2n) is 12.0. The molecule has 0 bridgehead atoms. The largest absolute Gasteiger partial charge is 0.0616 e. The van der Waals surface area contributed by atoms with Crippen LogP contribution in [0, 0.1) is 0 Å². The van der Waals surface area contributed by atoms with Crippen LogP contribution in [0.1, 0.15) is 0 Å². The molecule has 202 valence electrons. The number of rotatable bonds is 3. The molecule has 44 heavy (non-hydrogen) atoms. The molecule has 2 aliphatic rings. The summed E-state index contributed by atoms with van der Waals surface area (Å²) in [5, 5.41) is 5.39. The average molecular weight is 555 g/mol. The molecular weight excluding hydrogens is 528 g/mol. The van der Waals surface area contributed by atoms with E-state index in [4.69, 9.17) is 0 Å². The Balaban J connectivity index is 1.00. The van der Waals surface area contributed by atoms with Gasteiger partial charge in [-0.1, -0.05) is 158 Å². The van der Waals surface area contributed by atoms with E-state index >= 15 is 0 Å². The van der Waals surface area contributed by atoms with Gasteiger partial charge in [-0.25, -0.2) is 0 Å². The lowest BCUT2D eigenvalue weighted by molar-refractivity contribution is 1.60. The molecule has 10 rings (SSSR count). The molecule has 0 amide bonds. The van der Waals surface area contributed by atoms with Gasteiger partial charge in [-0.15, -0.1) is 0 Å². The monoisotopic (exact) mass is 554 g/mol. The third kappa shape index (κ3) is 3.23. The minimum Gasteiger partial charge on any atom is -0.0616 e. The quantitative estimate of drug-likeness (QED) is 0.204. The standard InChI is InChI=1S/C44H26/c1-3-9-35-33(7-1)39-13-5-11-37-31(23-25-41(35)43(37)39)29-19-15-27(16-20-29)28-17-21-30(22-18-28)32-24-26-42-36-10-4-2-8-34(36)40-14-6-12-38(32)44(40)42/h1-26H. The van der Waals surface area contributed by atoms with Crippen LogP contribution in [0.4, 0.5) is 0 Å². The summed E-state index contributed by atoms with van der Waals surface area (Å²) in [4.78, 5) is 0. The van der Waals surface area contributed by atoms with Crippen molar-refractivity contribution in [3.8, 4) is 77.9 Å². The van der Waals surface area contributed by atoms with Crippen LogP contribution in [0.5, 0.6) is 0 Å². The summed E-state index contributed by atoms with van der Waals surface area (Å²) in [6.07, 6.45) is 0. The smallest absolute Gasteiger partial charge is 0.00201 e. The normalized spacial score (nSPS) is 12.1. The summed E-state index contributed by atoms with van der Waals surface area (Å²) >= 11 is 0. The fourth-order valence-corrected chi connectivity index (χ4v) is 7.80. The maximum Gasteiger partial charge on any atom is -0.00201 e. The van der Waals surface area contributed by atoms with Crippen molar-refractivity contribution in [1.82, 2.24) is 0 Å². The highest BCUT2D eigenvalue weighted by Gasteiger charge is 2.23. The molecule has 0 heteroatoms. The van der Waals surface area contributed by atoms with Gasteiger partial charge in [-0.05, 0) is 99.4 Å². The first kappa shape index (κ1) is 23.8. The number of hydrogen-bond donors (Lipinski definition) is 0. The molecular formula is C44H26. The van der Waals surface area contributed by atoms with Gasteiger partial charge in [0.15, 0.2) is 0 Å². The summed E-state index contributed by atoms with van der Waals surface area (Å²) < 4.78 is 0. The Labute approximate surface area is 256 Å². The molecule has 0 spiro atoms. The van der Waals surface area contributed by atoms with Gasteiger partial charge in [-0.2, -0.15) is 0 Å². The van der Waals surface area contributed by atoms with Crippen LogP contribution in [-0.4, -0.2) is 0 Å². The highest BCUT2D eigenvalue weighted by Crippen LogP contribution is 2.50. The molecule has 0 radical (unpaired) electrons. The molecule has 0 saturated carbocycles. The summed E-state index contributed by atoms with van der Waals surface area (Å²) in [6, 6.07) is 58.3. The van der Waals surface area contributed by atoms with Crippen LogP contribution in [-0.2, 0) is 0 Å². The highest BCUT2D eigenvalue weighted by atomic mass is 14.3. The van der Waals surface area contributed by atoms with E-state index in [2.05, 4.69) is 158 Å². The Morgan fingerprint density at radius 3 is 0.864 bits per heavy atom. The minimum atomic E-state index is 1.23. The molecule has 0 saturated heterocycles. The molecule has 0 unspecified atom stereocenters. The molecule has 0 aromatic heterocycles. The number of hydrogen-bond acceptors (Lipinski definition) is 0. The Kier molecular flexibility index (Phi) is 4.81. The maximum absolute atomic E-state index is 2.30. The third-order valence-electron chi connectivity index (χ3n) is 9.82. The molecule has 0 fully saturated rings. The van der Waals surface area contributed by atoms with Crippen LogP contribution >= 0.6 is 0 Å². The lowest BCUT2D eigenvalue weighted by Crippen LogP contribution is -1.86. The van der Waals surface area contributed by atoms with E-state index < -0.39 is 0 Å². The van der Waals surface area contributed by atoms with E-state index in [-0.39, 0.29) is 0 Å². The lowest BCUT2D eigenvalue weighted by Gasteiger charge is -2.12. The fourth-order valence-electron chi connectivity index (χ4n) is 7.80. The van der Waals surface area contributed by atoms with Crippen molar-refractivity contribution in [3.63, 3.8) is 0 Å². The van der Waals surface area contributed by atoms with Gasteiger partial charge in [0.05, 0.1) is 0 Å². The summed E-state index contributed by atoms with van der Waals surface area (Å²) in [6.45, 7) is 0. The van der Waals surface area contributed by atoms with Crippen molar-refractivity contribution in [2.75, 3.05) is 0 Å². The molecule has 0 N–H and O–H groups in total. The first-order valence-electron chi connectivity index (χ1n) is 15.4. The zero-order valence-electron chi connectivity index (χ0n) is 24.0. The van der Waals surface area contributed by atoms with Crippen molar-refractivity contribution in [1.29, 1.82) is 0 Å². The van der Waals surface area contributed by atoms with Crippen LogP contribution in [0.2, 0.25) is 0 Å². The SMILES string of the molecule is c1ccc2c(c1)-c1cccc3c(-c4ccc(-c5ccc(-c6ccc7c8c(cccc68)-c6ccccc6-7)cc5)cc4)ccc-2c13. The Hall–Kier alpha value is -5.72. The Bertz CT molecular complexity index is 2220. The second kappa shape index (κ2) is 8.89. The van der Waals surface area contributed by atoms with E-state index in [1.807, 2.05) is 0 Å². The van der Waals surface area contributed by atoms with Crippen molar-refractivity contribution >= 4 is 21.5 Å². The number of benzene rings is 8. The topological polar surface area (TPSA) is 0 Å². The van der Waals surface area contributed by atoms with Crippen molar-refractivity contribution in [2.24, 2.45) is 0 Å². The third-order valence-corrected chi connectivity index (χ3v) is 9.82. The summed E-state index contributed by atoms with van der Waals surface area (Å²) in [5.74, 6) is 0. The minimum absolute atomic E-state index is 1.23. The first-order valence-corrected chi connectivity index (χ1v) is 15.4. The van der Waals surface area contributed by atoms with Crippen LogP contribution in [0.3, 0.4) is 0 Å². The Morgan fingerprint density at radius 2 is 0.477 bits per heavy atom. The van der Waals surface area contributed by atoms with E-state index in [0.29, 0.717) is 0 Å². The van der Waals surface area contributed by atoms with Gasteiger partial charge in [0.25, 0.3) is 0 Å². The van der Waals surface area contributed by atoms with E-state index in [1.54, 1.807) is 0 Å². The van der Waals surface area contributed by atoms with Crippen LogP contribution < -0.4 is 0 Å². The number of fused-ring (bicyclic) bond motifs is 6. The van der Waals surface area contributed by atoms with E-state index in [0.717, 1.165) is 0 Å². The predicted octanol–water partition coefficient (Wildman–Crippen LogP) is 12.3. The van der Waals surface area contributed by atoms with Crippen molar-refractivity contribution < 1.29 is 0 Å². The molecule has 0 heterocycles. The second-order valence-corrected chi connectivity index (χ2v) is 12.0. The zero-order valence-corrected chi connectivity index (χ0v) is 24.0. The Morgan fingerprint density at radius 1 is 0.182 bits per heavy atom. The highest BCUT2D eigenvalue weighted by molar-refractivity contribution is 6.19. The maximum atomic E-state index is 2.30. The summed E-state index contributed by atoms with van der Waals surface area (Å²) in [5.41, 5.74) is 18.3. The van der Waals surface area contributed by atoms with Gasteiger partial charge < -0.3 is 0 Å². The van der Waals surface area contributed by atoms with Crippen molar-refractivity contribution in [2.45, 2.75) is 0 Å². The van der Waals surface area contributed by atoms with Gasteiger partial charge >= 0.3 is 0 Å². The molecule has 0 nitrogen and oxygen atoms in total. The molecule has 0 aliphatic heterocycles. The van der Waals surface area contributed by atoms with E-state index in [9.17, 15) is 0 Å². The molecule has 8 aromatic carbocycles. The van der Waals surface area contributed by atoms with Gasteiger partial charge in [0.1, 0.15) is 0 Å². The molecule has 8 aromatic rings. The lowest BCUT2D eigenvalue weighted by atomic mass is 9.92. The zero-order chi connectivity index (χ0) is 28.8. The van der Waals surface area contributed by atoms with Gasteiger partial charge in [0.2, 0.25) is 0 Å². The van der Waals surface area contributed by atoms with Gasteiger partial charge in [0, 0.05) is 0 Å². The predicted molar refractivity (Wildman–Crippen MR) is 187 cm³/mol. The van der Waals surface area contributed by atoms with Crippen molar-refractivity contribution in [3.05, 3.63) is 158 Å². The summed E-state index contributed by atoms with van der Waals surface area (Å²) in [7, 11) is 0. The molecule has 2 aliphatic carbocycles. The van der Waals surface area contributed by atoms with Gasteiger partial charge in [-0.3, -0.25) is 0 Å². The van der Waals surface area contributed by atoms with Crippen LogP contribution in [0.15, 0.2) is 158 Å². The van der Waals surface area contributed by atoms with Crippen LogP contribution in [0.25, 0.3) is 99.4 Å². The van der Waals surface area contributed by atoms with E-state index in [1.165, 1.54) is 99.4 Å². The molecule has 0 atom stereocenters. The fraction of sp³-hybridized carbons (Fsp3) is 0. The first-order chi connectivity index (χ1) is 21.8. The average Bonchev–Trinajstić information content (AvgIpc) is 3.60.